The van der Waals surface area contributed by atoms with Gasteiger partial charge in [-0.25, -0.2) is 0 Å². The SMILES string of the molecule is CC(C)NCc1coc(N2CCC3C(CCCN3C)C2)n1. The summed E-state index contributed by atoms with van der Waals surface area (Å²) in [5.41, 5.74) is 1.00. The zero-order valence-corrected chi connectivity index (χ0v) is 13.5. The van der Waals surface area contributed by atoms with E-state index in [1.165, 1.54) is 25.8 Å². The summed E-state index contributed by atoms with van der Waals surface area (Å²) in [6.07, 6.45) is 5.68. The van der Waals surface area contributed by atoms with Gasteiger partial charge in [-0.15, -0.1) is 0 Å². The summed E-state index contributed by atoms with van der Waals surface area (Å²) in [4.78, 5) is 9.52. The van der Waals surface area contributed by atoms with E-state index in [-0.39, 0.29) is 0 Å². The van der Waals surface area contributed by atoms with Crippen LogP contribution in [0.2, 0.25) is 0 Å². The van der Waals surface area contributed by atoms with Crippen molar-refractivity contribution in [3.05, 3.63) is 12.0 Å². The highest BCUT2D eigenvalue weighted by Crippen LogP contribution is 2.31. The second-order valence-corrected chi connectivity index (χ2v) is 6.84. The van der Waals surface area contributed by atoms with E-state index in [9.17, 15) is 0 Å². The van der Waals surface area contributed by atoms with E-state index in [2.05, 4.69) is 41.0 Å². The van der Waals surface area contributed by atoms with Crippen molar-refractivity contribution in [2.45, 2.75) is 51.7 Å². The van der Waals surface area contributed by atoms with E-state index < -0.39 is 0 Å². The predicted molar refractivity (Wildman–Crippen MR) is 84.5 cm³/mol. The largest absolute Gasteiger partial charge is 0.432 e. The molecule has 3 rings (SSSR count). The zero-order chi connectivity index (χ0) is 14.8. The molecular weight excluding hydrogens is 264 g/mol. The first-order valence-electron chi connectivity index (χ1n) is 8.26. The lowest BCUT2D eigenvalue weighted by Gasteiger charge is -2.45. The number of anilines is 1. The number of rotatable bonds is 4. The summed E-state index contributed by atoms with van der Waals surface area (Å²) in [5.74, 6) is 0.765. The number of oxazole rings is 1. The maximum Gasteiger partial charge on any atom is 0.297 e. The third-order valence-electron chi connectivity index (χ3n) is 4.85. The first kappa shape index (κ1) is 14.9. The van der Waals surface area contributed by atoms with Gasteiger partial charge < -0.3 is 19.5 Å². The molecule has 21 heavy (non-hydrogen) atoms. The van der Waals surface area contributed by atoms with E-state index in [0.29, 0.717) is 6.04 Å². The first-order chi connectivity index (χ1) is 10.1. The highest BCUT2D eigenvalue weighted by molar-refractivity contribution is 5.28. The molecule has 2 atom stereocenters. The standard InChI is InChI=1S/C16H28N4O/c1-12(2)17-9-14-11-21-16(18-14)20-8-6-15-13(10-20)5-4-7-19(15)3/h11-13,15,17H,4-10H2,1-3H3. The van der Waals surface area contributed by atoms with Crippen LogP contribution in [0.3, 0.4) is 0 Å². The average molecular weight is 292 g/mol. The Kier molecular flexibility index (Phi) is 4.50. The van der Waals surface area contributed by atoms with Crippen LogP contribution in [0.4, 0.5) is 6.01 Å². The third kappa shape index (κ3) is 3.40. The molecule has 5 heteroatoms. The van der Waals surface area contributed by atoms with Crippen LogP contribution >= 0.6 is 0 Å². The predicted octanol–water partition coefficient (Wildman–Crippen LogP) is 2.09. The van der Waals surface area contributed by atoms with Gasteiger partial charge in [0.15, 0.2) is 0 Å². The van der Waals surface area contributed by atoms with E-state index in [4.69, 9.17) is 4.42 Å². The monoisotopic (exact) mass is 292 g/mol. The summed E-state index contributed by atoms with van der Waals surface area (Å²) in [6, 6.07) is 2.04. The van der Waals surface area contributed by atoms with Crippen molar-refractivity contribution in [1.29, 1.82) is 0 Å². The molecule has 0 bridgehead atoms. The van der Waals surface area contributed by atoms with Crippen LogP contribution in [0.25, 0.3) is 0 Å². The van der Waals surface area contributed by atoms with Gasteiger partial charge >= 0.3 is 0 Å². The number of hydrogen-bond donors (Lipinski definition) is 1. The van der Waals surface area contributed by atoms with Crippen molar-refractivity contribution < 1.29 is 4.42 Å². The Bertz CT molecular complexity index is 459. The average Bonchev–Trinajstić information content (AvgIpc) is 2.94. The van der Waals surface area contributed by atoms with Crippen LogP contribution in [0.5, 0.6) is 0 Å². The Hall–Kier alpha value is -1.07. The van der Waals surface area contributed by atoms with Crippen LogP contribution in [-0.4, -0.2) is 48.6 Å². The summed E-state index contributed by atoms with van der Waals surface area (Å²) >= 11 is 0. The van der Waals surface area contributed by atoms with Gasteiger partial charge in [0.05, 0.1) is 5.69 Å². The zero-order valence-electron chi connectivity index (χ0n) is 13.5. The van der Waals surface area contributed by atoms with Crippen molar-refractivity contribution in [2.24, 2.45) is 5.92 Å². The lowest BCUT2D eigenvalue weighted by molar-refractivity contribution is 0.101. The minimum Gasteiger partial charge on any atom is -0.432 e. The number of aromatic nitrogens is 1. The molecule has 2 fully saturated rings. The van der Waals surface area contributed by atoms with Crippen LogP contribution in [-0.2, 0) is 6.54 Å². The molecule has 1 aromatic rings. The van der Waals surface area contributed by atoms with Gasteiger partial charge in [-0.1, -0.05) is 13.8 Å². The van der Waals surface area contributed by atoms with Crippen molar-refractivity contribution in [1.82, 2.24) is 15.2 Å². The fourth-order valence-corrected chi connectivity index (χ4v) is 3.66. The Morgan fingerprint density at radius 1 is 1.38 bits per heavy atom. The second kappa shape index (κ2) is 6.36. The molecule has 0 aromatic carbocycles. The quantitative estimate of drug-likeness (QED) is 0.920. The van der Waals surface area contributed by atoms with Gasteiger partial charge in [-0.3, -0.25) is 0 Å². The summed E-state index contributed by atoms with van der Waals surface area (Å²) in [6.45, 7) is 8.47. The molecule has 0 aliphatic carbocycles. The highest BCUT2D eigenvalue weighted by Gasteiger charge is 2.35. The van der Waals surface area contributed by atoms with Gasteiger partial charge in [0.2, 0.25) is 0 Å². The third-order valence-corrected chi connectivity index (χ3v) is 4.85. The minimum absolute atomic E-state index is 0.471. The van der Waals surface area contributed by atoms with Crippen LogP contribution in [0.15, 0.2) is 10.7 Å². The molecular formula is C16H28N4O. The Morgan fingerprint density at radius 3 is 3.05 bits per heavy atom. The van der Waals surface area contributed by atoms with Gasteiger partial charge in [0, 0.05) is 31.7 Å². The van der Waals surface area contributed by atoms with Gasteiger partial charge in [-0.2, -0.15) is 4.98 Å². The van der Waals surface area contributed by atoms with E-state index >= 15 is 0 Å². The highest BCUT2D eigenvalue weighted by atomic mass is 16.4. The minimum atomic E-state index is 0.471. The smallest absolute Gasteiger partial charge is 0.297 e. The molecule has 1 N–H and O–H groups in total. The summed E-state index contributed by atoms with van der Waals surface area (Å²) in [5, 5.41) is 3.38. The molecule has 0 saturated carbocycles. The number of piperidine rings is 2. The van der Waals surface area contributed by atoms with Crippen molar-refractivity contribution in [3.63, 3.8) is 0 Å². The molecule has 0 spiro atoms. The molecule has 5 nitrogen and oxygen atoms in total. The number of fused-ring (bicyclic) bond motifs is 1. The Morgan fingerprint density at radius 2 is 2.24 bits per heavy atom. The molecule has 0 amide bonds. The molecule has 2 aliphatic heterocycles. The molecule has 3 heterocycles. The summed E-state index contributed by atoms with van der Waals surface area (Å²) in [7, 11) is 2.27. The maximum absolute atomic E-state index is 5.70. The van der Waals surface area contributed by atoms with Crippen molar-refractivity contribution in [3.8, 4) is 0 Å². The lowest BCUT2D eigenvalue weighted by Crippen LogP contribution is -2.52. The Balaban J connectivity index is 1.60. The van der Waals surface area contributed by atoms with Crippen LogP contribution in [0.1, 0.15) is 38.8 Å². The molecule has 2 aliphatic rings. The van der Waals surface area contributed by atoms with Gasteiger partial charge in [0.25, 0.3) is 6.01 Å². The van der Waals surface area contributed by atoms with Crippen LogP contribution < -0.4 is 10.2 Å². The normalized spacial score (nSPS) is 27.1. The Labute approximate surface area is 127 Å². The second-order valence-electron chi connectivity index (χ2n) is 6.84. The molecule has 0 radical (unpaired) electrons. The van der Waals surface area contributed by atoms with E-state index in [1.807, 2.05) is 0 Å². The van der Waals surface area contributed by atoms with Crippen molar-refractivity contribution in [2.75, 3.05) is 31.6 Å². The fourth-order valence-electron chi connectivity index (χ4n) is 3.66. The lowest BCUT2D eigenvalue weighted by atomic mass is 9.84. The number of likely N-dealkylation sites (tertiary alicyclic amines) is 1. The fraction of sp³-hybridized carbons (Fsp3) is 0.812. The number of nitrogens with zero attached hydrogens (tertiary/aromatic N) is 3. The van der Waals surface area contributed by atoms with E-state index in [0.717, 1.165) is 43.3 Å². The maximum atomic E-state index is 5.70. The molecule has 1 aromatic heterocycles. The number of nitrogens with one attached hydrogen (secondary N) is 1. The topological polar surface area (TPSA) is 44.5 Å². The van der Waals surface area contributed by atoms with Gasteiger partial charge in [-0.05, 0) is 38.8 Å². The van der Waals surface area contributed by atoms with Gasteiger partial charge in [0.1, 0.15) is 6.26 Å². The first-order valence-corrected chi connectivity index (χ1v) is 8.26. The molecule has 2 saturated heterocycles. The summed E-state index contributed by atoms with van der Waals surface area (Å²) < 4.78 is 5.70. The van der Waals surface area contributed by atoms with Crippen LogP contribution in [0, 0.1) is 5.92 Å². The molecule has 2 unspecified atom stereocenters. The number of hydrogen-bond acceptors (Lipinski definition) is 5. The van der Waals surface area contributed by atoms with E-state index in [1.54, 1.807) is 6.26 Å². The molecule has 118 valence electrons. The van der Waals surface area contributed by atoms with Crippen molar-refractivity contribution >= 4 is 6.01 Å².